The lowest BCUT2D eigenvalue weighted by Crippen LogP contribution is -2.42. The molecule has 6 nitrogen and oxygen atoms in total. The Hall–Kier alpha value is -2.73. The predicted molar refractivity (Wildman–Crippen MR) is 102 cm³/mol. The standard InChI is InChI=1S/C20H25N3O3/c1-15(2)26-20(24)23-14-21(3)13-22(23)18-12-17(10-11-19(18)25-4)16-8-6-5-7-9-16/h5-12,15H,13-14H2,1-4H3. The zero-order chi connectivity index (χ0) is 18.7. The van der Waals surface area contributed by atoms with Gasteiger partial charge in [0.25, 0.3) is 0 Å². The summed E-state index contributed by atoms with van der Waals surface area (Å²) in [5, 5.41) is 3.50. The van der Waals surface area contributed by atoms with Crippen LogP contribution in [0.2, 0.25) is 0 Å². The molecule has 1 heterocycles. The molecule has 1 amide bonds. The Morgan fingerprint density at radius 2 is 1.77 bits per heavy atom. The third-order valence-corrected chi connectivity index (χ3v) is 4.15. The number of benzene rings is 2. The van der Waals surface area contributed by atoms with Crippen LogP contribution in [0, 0.1) is 0 Å². The number of hydrogen-bond donors (Lipinski definition) is 0. The first-order valence-corrected chi connectivity index (χ1v) is 8.67. The number of hydrogen-bond acceptors (Lipinski definition) is 5. The van der Waals surface area contributed by atoms with E-state index in [2.05, 4.69) is 12.1 Å². The lowest BCUT2D eigenvalue weighted by Gasteiger charge is -2.29. The third kappa shape index (κ3) is 3.75. The molecule has 0 atom stereocenters. The number of ether oxygens (including phenoxy) is 2. The van der Waals surface area contributed by atoms with Crippen molar-refractivity contribution in [2.45, 2.75) is 20.0 Å². The van der Waals surface area contributed by atoms with E-state index in [0.717, 1.165) is 16.8 Å². The van der Waals surface area contributed by atoms with Crippen molar-refractivity contribution in [3.8, 4) is 16.9 Å². The minimum Gasteiger partial charge on any atom is -0.495 e. The summed E-state index contributed by atoms with van der Waals surface area (Å²) in [6.45, 7) is 4.73. The van der Waals surface area contributed by atoms with Gasteiger partial charge in [-0.25, -0.2) is 9.80 Å². The van der Waals surface area contributed by atoms with E-state index in [0.29, 0.717) is 19.1 Å². The average molecular weight is 355 g/mol. The van der Waals surface area contributed by atoms with Gasteiger partial charge in [0.05, 0.1) is 26.6 Å². The first-order valence-electron chi connectivity index (χ1n) is 8.67. The second-order valence-electron chi connectivity index (χ2n) is 6.62. The minimum atomic E-state index is -0.364. The van der Waals surface area contributed by atoms with Gasteiger partial charge in [-0.3, -0.25) is 9.91 Å². The van der Waals surface area contributed by atoms with Gasteiger partial charge in [0.15, 0.2) is 0 Å². The minimum absolute atomic E-state index is 0.173. The lowest BCUT2D eigenvalue weighted by atomic mass is 10.0. The van der Waals surface area contributed by atoms with Crippen LogP contribution in [0.25, 0.3) is 11.1 Å². The summed E-state index contributed by atoms with van der Waals surface area (Å²) in [5.41, 5.74) is 3.01. The van der Waals surface area contributed by atoms with Crippen LogP contribution in [0.1, 0.15) is 13.8 Å². The molecule has 0 N–H and O–H groups in total. The van der Waals surface area contributed by atoms with Gasteiger partial charge in [0.1, 0.15) is 11.4 Å². The van der Waals surface area contributed by atoms with Crippen LogP contribution in [-0.4, -0.2) is 49.6 Å². The SMILES string of the molecule is COc1ccc(-c2ccccc2)cc1N1CN(C)CN1C(=O)OC(C)C. The normalized spacial score (nSPS) is 14.8. The van der Waals surface area contributed by atoms with Crippen molar-refractivity contribution >= 4 is 11.8 Å². The smallest absolute Gasteiger partial charge is 0.430 e. The van der Waals surface area contributed by atoms with E-state index in [1.807, 2.05) is 67.2 Å². The molecule has 0 radical (unpaired) electrons. The molecule has 0 bridgehead atoms. The number of carbonyl (C=O) groups is 1. The molecule has 1 aliphatic heterocycles. The van der Waals surface area contributed by atoms with Crippen molar-refractivity contribution in [1.29, 1.82) is 0 Å². The van der Waals surface area contributed by atoms with Gasteiger partial charge in [0.2, 0.25) is 0 Å². The fourth-order valence-corrected chi connectivity index (χ4v) is 2.98. The maximum atomic E-state index is 12.5. The second-order valence-corrected chi connectivity index (χ2v) is 6.62. The molecule has 0 aliphatic carbocycles. The Bertz CT molecular complexity index is 764. The number of anilines is 1. The number of amides is 1. The monoisotopic (exact) mass is 355 g/mol. The maximum absolute atomic E-state index is 12.5. The fourth-order valence-electron chi connectivity index (χ4n) is 2.98. The Morgan fingerprint density at radius 1 is 1.04 bits per heavy atom. The summed E-state index contributed by atoms with van der Waals surface area (Å²) in [6.07, 6.45) is -0.538. The van der Waals surface area contributed by atoms with Crippen LogP contribution in [0.3, 0.4) is 0 Å². The number of methoxy groups -OCH3 is 1. The highest BCUT2D eigenvalue weighted by Gasteiger charge is 2.33. The van der Waals surface area contributed by atoms with E-state index in [9.17, 15) is 4.79 Å². The van der Waals surface area contributed by atoms with Crippen LogP contribution in [0.4, 0.5) is 10.5 Å². The second kappa shape index (κ2) is 7.66. The molecule has 6 heteroatoms. The molecule has 2 aromatic rings. The van der Waals surface area contributed by atoms with Crippen molar-refractivity contribution in [1.82, 2.24) is 9.91 Å². The van der Waals surface area contributed by atoms with Gasteiger partial charge < -0.3 is 9.47 Å². The summed E-state index contributed by atoms with van der Waals surface area (Å²) in [4.78, 5) is 14.6. The molecule has 0 saturated carbocycles. The molecule has 0 spiro atoms. The van der Waals surface area contributed by atoms with Crippen molar-refractivity contribution in [2.24, 2.45) is 0 Å². The molecule has 1 fully saturated rings. The Labute approximate surface area is 154 Å². The summed E-state index contributed by atoms with van der Waals surface area (Å²) < 4.78 is 11.0. The molecular weight excluding hydrogens is 330 g/mol. The number of hydrazine groups is 1. The van der Waals surface area contributed by atoms with Crippen LogP contribution in [0.5, 0.6) is 5.75 Å². The van der Waals surface area contributed by atoms with Crippen molar-refractivity contribution < 1.29 is 14.3 Å². The van der Waals surface area contributed by atoms with Crippen LogP contribution in [0.15, 0.2) is 48.5 Å². The van der Waals surface area contributed by atoms with Gasteiger partial charge in [-0.15, -0.1) is 0 Å². The maximum Gasteiger partial charge on any atom is 0.430 e. The zero-order valence-electron chi connectivity index (χ0n) is 15.7. The predicted octanol–water partition coefficient (Wildman–Crippen LogP) is 3.79. The molecular formula is C20H25N3O3. The average Bonchev–Trinajstić information content (AvgIpc) is 3.03. The Morgan fingerprint density at radius 3 is 2.42 bits per heavy atom. The van der Waals surface area contributed by atoms with Crippen LogP contribution >= 0.6 is 0 Å². The highest BCUT2D eigenvalue weighted by Crippen LogP contribution is 2.35. The molecule has 1 aliphatic rings. The summed E-state index contributed by atoms with van der Waals surface area (Å²) in [7, 11) is 3.60. The topological polar surface area (TPSA) is 45.2 Å². The largest absolute Gasteiger partial charge is 0.495 e. The molecule has 3 rings (SSSR count). The quantitative estimate of drug-likeness (QED) is 0.835. The van der Waals surface area contributed by atoms with E-state index in [1.165, 1.54) is 0 Å². The van der Waals surface area contributed by atoms with Crippen molar-refractivity contribution in [3.05, 3.63) is 48.5 Å². The van der Waals surface area contributed by atoms with Crippen LogP contribution in [-0.2, 0) is 4.74 Å². The first-order chi connectivity index (χ1) is 12.5. The number of carbonyl (C=O) groups excluding carboxylic acids is 1. The van der Waals surface area contributed by atoms with Gasteiger partial charge in [-0.05, 0) is 44.2 Å². The Balaban J connectivity index is 1.98. The third-order valence-electron chi connectivity index (χ3n) is 4.15. The molecule has 2 aromatic carbocycles. The van der Waals surface area contributed by atoms with Crippen molar-refractivity contribution in [2.75, 3.05) is 32.5 Å². The van der Waals surface area contributed by atoms with E-state index in [4.69, 9.17) is 9.47 Å². The van der Waals surface area contributed by atoms with E-state index >= 15 is 0 Å². The fraction of sp³-hybridized carbons (Fsp3) is 0.350. The lowest BCUT2D eigenvalue weighted by molar-refractivity contribution is 0.0765. The Kier molecular flexibility index (Phi) is 5.32. The van der Waals surface area contributed by atoms with Gasteiger partial charge in [-0.1, -0.05) is 36.4 Å². The first kappa shape index (κ1) is 18.1. The van der Waals surface area contributed by atoms with Gasteiger partial charge in [-0.2, -0.15) is 0 Å². The summed E-state index contributed by atoms with van der Waals surface area (Å²) in [6, 6.07) is 16.1. The van der Waals surface area contributed by atoms with E-state index < -0.39 is 0 Å². The molecule has 138 valence electrons. The number of rotatable bonds is 4. The van der Waals surface area contributed by atoms with Gasteiger partial charge >= 0.3 is 6.09 Å². The van der Waals surface area contributed by atoms with Crippen molar-refractivity contribution in [3.63, 3.8) is 0 Å². The summed E-state index contributed by atoms with van der Waals surface area (Å²) >= 11 is 0. The summed E-state index contributed by atoms with van der Waals surface area (Å²) in [5.74, 6) is 0.710. The highest BCUT2D eigenvalue weighted by atomic mass is 16.6. The molecule has 1 saturated heterocycles. The zero-order valence-corrected chi connectivity index (χ0v) is 15.7. The molecule has 26 heavy (non-hydrogen) atoms. The van der Waals surface area contributed by atoms with Gasteiger partial charge in [0, 0.05) is 0 Å². The number of nitrogens with zero attached hydrogens (tertiary/aromatic N) is 3. The van der Waals surface area contributed by atoms with E-state index in [1.54, 1.807) is 12.1 Å². The van der Waals surface area contributed by atoms with E-state index in [-0.39, 0.29) is 12.2 Å². The highest BCUT2D eigenvalue weighted by molar-refractivity contribution is 5.76. The molecule has 0 aromatic heterocycles. The van der Waals surface area contributed by atoms with Crippen LogP contribution < -0.4 is 9.75 Å². The molecule has 0 unspecified atom stereocenters.